The molecule has 0 saturated carbocycles. The number of carbonyl (C=O) groups is 1. The number of nitrogens with one attached hydrogen (secondary N) is 2. The zero-order valence-electron chi connectivity index (χ0n) is 9.23. The topological polar surface area (TPSA) is 99.3 Å². The van der Waals surface area contributed by atoms with Crippen LogP contribution >= 0.6 is 0 Å². The van der Waals surface area contributed by atoms with Crippen molar-refractivity contribution in [1.82, 2.24) is 4.98 Å². The molecular weight excluding hydrogens is 232 g/mol. The molecule has 0 aliphatic heterocycles. The molecule has 0 atom stereocenters. The fourth-order valence-electron chi connectivity index (χ4n) is 1.15. The third-order valence-corrected chi connectivity index (χ3v) is 3.91. The highest BCUT2D eigenvalue weighted by atomic mass is 32.2. The van der Waals surface area contributed by atoms with E-state index in [0.29, 0.717) is 5.69 Å². The van der Waals surface area contributed by atoms with Gasteiger partial charge in [0, 0.05) is 11.9 Å². The predicted molar refractivity (Wildman–Crippen MR) is 60.2 cm³/mol. The number of H-pyrrole nitrogens is 1. The summed E-state index contributed by atoms with van der Waals surface area (Å²) >= 11 is 0. The van der Waals surface area contributed by atoms with Gasteiger partial charge in [0.25, 0.3) is 0 Å². The first-order valence-corrected chi connectivity index (χ1v) is 6.23. The van der Waals surface area contributed by atoms with E-state index >= 15 is 0 Å². The molecule has 0 aliphatic rings. The van der Waals surface area contributed by atoms with Gasteiger partial charge in [-0.05, 0) is 20.8 Å². The van der Waals surface area contributed by atoms with Crippen molar-refractivity contribution in [2.75, 3.05) is 4.72 Å². The smallest absolute Gasteiger partial charge is 0.339 e. The highest BCUT2D eigenvalue weighted by molar-refractivity contribution is 7.93. The van der Waals surface area contributed by atoms with Gasteiger partial charge < -0.3 is 10.1 Å². The molecule has 16 heavy (non-hydrogen) atoms. The van der Waals surface area contributed by atoms with E-state index in [0.717, 1.165) is 0 Å². The first kappa shape index (κ1) is 12.6. The van der Waals surface area contributed by atoms with Gasteiger partial charge in [-0.15, -0.1) is 0 Å². The van der Waals surface area contributed by atoms with Crippen molar-refractivity contribution >= 4 is 21.7 Å². The molecule has 0 fully saturated rings. The molecule has 3 N–H and O–H groups in total. The minimum absolute atomic E-state index is 0.0516. The summed E-state index contributed by atoms with van der Waals surface area (Å²) in [5.74, 6) is -1.17. The van der Waals surface area contributed by atoms with E-state index < -0.39 is 21.2 Å². The fourth-order valence-corrected chi connectivity index (χ4v) is 1.86. The van der Waals surface area contributed by atoms with Crippen molar-refractivity contribution in [3.63, 3.8) is 0 Å². The van der Waals surface area contributed by atoms with E-state index in [-0.39, 0.29) is 11.3 Å². The molecule has 0 unspecified atom stereocenters. The van der Waals surface area contributed by atoms with Gasteiger partial charge in [0.1, 0.15) is 5.56 Å². The van der Waals surface area contributed by atoms with E-state index in [1.165, 1.54) is 20.0 Å². The molecule has 0 saturated heterocycles. The SMILES string of the molecule is Cc1[nH]cc(NS(=O)(=O)C(C)C)c1C(=O)O. The van der Waals surface area contributed by atoms with Gasteiger partial charge >= 0.3 is 5.97 Å². The van der Waals surface area contributed by atoms with Crippen LogP contribution in [-0.4, -0.2) is 29.7 Å². The van der Waals surface area contributed by atoms with Crippen LogP contribution in [0.4, 0.5) is 5.69 Å². The Morgan fingerprint density at radius 3 is 2.50 bits per heavy atom. The minimum Gasteiger partial charge on any atom is -0.478 e. The molecular formula is C9H14N2O4S. The molecule has 0 aliphatic carbocycles. The molecule has 1 aromatic heterocycles. The van der Waals surface area contributed by atoms with E-state index in [1.54, 1.807) is 6.92 Å². The number of sulfonamides is 1. The Hall–Kier alpha value is -1.50. The van der Waals surface area contributed by atoms with Gasteiger partial charge in [-0.3, -0.25) is 4.72 Å². The molecule has 7 heteroatoms. The van der Waals surface area contributed by atoms with Crippen LogP contribution in [0.5, 0.6) is 0 Å². The van der Waals surface area contributed by atoms with Gasteiger partial charge in [-0.1, -0.05) is 0 Å². The molecule has 0 amide bonds. The third kappa shape index (κ3) is 2.35. The van der Waals surface area contributed by atoms with Crippen LogP contribution in [-0.2, 0) is 10.0 Å². The average molecular weight is 246 g/mol. The highest BCUT2D eigenvalue weighted by Crippen LogP contribution is 2.21. The number of aromatic nitrogens is 1. The molecule has 1 rings (SSSR count). The molecule has 0 radical (unpaired) electrons. The van der Waals surface area contributed by atoms with Crippen molar-refractivity contribution in [1.29, 1.82) is 0 Å². The van der Waals surface area contributed by atoms with Crippen LogP contribution in [0.15, 0.2) is 6.20 Å². The lowest BCUT2D eigenvalue weighted by Crippen LogP contribution is -2.23. The van der Waals surface area contributed by atoms with Crippen LogP contribution in [0, 0.1) is 6.92 Å². The molecule has 6 nitrogen and oxygen atoms in total. The van der Waals surface area contributed by atoms with Crippen LogP contribution in [0.2, 0.25) is 0 Å². The van der Waals surface area contributed by atoms with Crippen molar-refractivity contribution in [3.05, 3.63) is 17.5 Å². The van der Waals surface area contributed by atoms with Crippen molar-refractivity contribution in [2.45, 2.75) is 26.0 Å². The normalized spacial score (nSPS) is 11.8. The van der Waals surface area contributed by atoms with E-state index in [9.17, 15) is 13.2 Å². The van der Waals surface area contributed by atoms with Crippen LogP contribution in [0.3, 0.4) is 0 Å². The highest BCUT2D eigenvalue weighted by Gasteiger charge is 2.21. The van der Waals surface area contributed by atoms with E-state index in [4.69, 9.17) is 5.11 Å². The Morgan fingerprint density at radius 2 is 2.06 bits per heavy atom. The van der Waals surface area contributed by atoms with Gasteiger partial charge in [0.2, 0.25) is 10.0 Å². The Morgan fingerprint density at radius 1 is 1.50 bits per heavy atom. The van der Waals surface area contributed by atoms with E-state index in [1.807, 2.05) is 0 Å². The van der Waals surface area contributed by atoms with Crippen molar-refractivity contribution < 1.29 is 18.3 Å². The van der Waals surface area contributed by atoms with Crippen LogP contribution < -0.4 is 4.72 Å². The maximum absolute atomic E-state index is 11.6. The van der Waals surface area contributed by atoms with Crippen LogP contribution in [0.1, 0.15) is 29.9 Å². The molecule has 90 valence electrons. The number of aromatic carboxylic acids is 1. The number of anilines is 1. The van der Waals surface area contributed by atoms with Gasteiger partial charge in [0.15, 0.2) is 0 Å². The fraction of sp³-hybridized carbons (Fsp3) is 0.444. The summed E-state index contributed by atoms with van der Waals surface area (Å²) in [5, 5.41) is 8.30. The number of aryl methyl sites for hydroxylation is 1. The summed E-state index contributed by atoms with van der Waals surface area (Å²) in [5.41, 5.74) is 0.428. The first-order valence-electron chi connectivity index (χ1n) is 4.68. The summed E-state index contributed by atoms with van der Waals surface area (Å²) in [7, 11) is -3.53. The Bertz CT molecular complexity index is 502. The van der Waals surface area contributed by atoms with E-state index in [2.05, 4.69) is 9.71 Å². The minimum atomic E-state index is -3.53. The van der Waals surface area contributed by atoms with Gasteiger partial charge in [-0.2, -0.15) is 0 Å². The summed E-state index contributed by atoms with van der Waals surface area (Å²) in [6.45, 7) is 4.60. The zero-order valence-corrected chi connectivity index (χ0v) is 10.1. The second-order valence-electron chi connectivity index (χ2n) is 3.70. The Balaban J connectivity index is 3.13. The van der Waals surface area contributed by atoms with Gasteiger partial charge in [-0.25, -0.2) is 13.2 Å². The number of aromatic amines is 1. The monoisotopic (exact) mass is 246 g/mol. The lowest BCUT2D eigenvalue weighted by Gasteiger charge is -2.10. The zero-order chi connectivity index (χ0) is 12.5. The molecule has 0 bridgehead atoms. The molecule has 1 heterocycles. The number of hydrogen-bond acceptors (Lipinski definition) is 3. The molecule has 0 aromatic carbocycles. The summed E-state index contributed by atoms with van der Waals surface area (Å²) in [4.78, 5) is 13.6. The quantitative estimate of drug-likeness (QED) is 0.742. The molecule has 0 spiro atoms. The number of carboxylic acids is 1. The third-order valence-electron chi connectivity index (χ3n) is 2.16. The maximum Gasteiger partial charge on any atom is 0.339 e. The van der Waals surface area contributed by atoms with Gasteiger partial charge in [0.05, 0.1) is 10.9 Å². The average Bonchev–Trinajstić information content (AvgIpc) is 2.45. The lowest BCUT2D eigenvalue weighted by molar-refractivity contribution is 0.0697. The first-order chi connectivity index (χ1) is 7.25. The van der Waals surface area contributed by atoms with Crippen molar-refractivity contribution in [3.8, 4) is 0 Å². The predicted octanol–water partition coefficient (Wildman–Crippen LogP) is 1.17. The Labute approximate surface area is 93.7 Å². The number of carboxylic acid groups (broad SMARTS) is 1. The molecule has 1 aromatic rings. The lowest BCUT2D eigenvalue weighted by atomic mass is 10.2. The number of rotatable bonds is 4. The second-order valence-corrected chi connectivity index (χ2v) is 5.94. The summed E-state index contributed by atoms with van der Waals surface area (Å²) < 4.78 is 25.4. The second kappa shape index (κ2) is 4.17. The summed E-state index contributed by atoms with van der Waals surface area (Å²) in [6, 6.07) is 0. The number of hydrogen-bond donors (Lipinski definition) is 3. The largest absolute Gasteiger partial charge is 0.478 e. The standard InChI is InChI=1S/C9H14N2O4S/c1-5(2)16(14,15)11-7-4-10-6(3)8(7)9(12)13/h4-5,10-11H,1-3H3,(H,12,13). The van der Waals surface area contributed by atoms with Crippen molar-refractivity contribution in [2.24, 2.45) is 0 Å². The Kier molecular flexibility index (Phi) is 3.27. The maximum atomic E-state index is 11.6. The summed E-state index contributed by atoms with van der Waals surface area (Å²) in [6.07, 6.45) is 1.33. The van der Waals surface area contributed by atoms with Crippen LogP contribution in [0.25, 0.3) is 0 Å².